The summed E-state index contributed by atoms with van der Waals surface area (Å²) in [6.07, 6.45) is 4.55. The molecule has 102 valence electrons. The summed E-state index contributed by atoms with van der Waals surface area (Å²) >= 11 is 3.26. The molecular weight excluding hydrogens is 313 g/mol. The lowest BCUT2D eigenvalue weighted by Gasteiger charge is -2.21. The largest absolute Gasteiger partial charge is 0.394 e. The van der Waals surface area contributed by atoms with Crippen LogP contribution in [0.2, 0.25) is 0 Å². The molecule has 1 aromatic carbocycles. The standard InChI is InChI=1S/C14H15BrFNO2/c15-11-4-5-13(16)10(8-11)3-6-14(19)17-7-1-2-12(17)9-18/h3-6,8,12,18H,1-2,7,9H2/t12-/m1/s1. The molecule has 0 aromatic heterocycles. The second-order valence-corrected chi connectivity index (χ2v) is 5.43. The Morgan fingerprint density at radius 2 is 2.37 bits per heavy atom. The molecule has 0 saturated carbocycles. The minimum absolute atomic E-state index is 0.0230. The molecule has 3 nitrogen and oxygen atoms in total. The predicted octanol–water partition coefficient (Wildman–Crippen LogP) is 2.58. The van der Waals surface area contributed by atoms with E-state index in [0.717, 1.165) is 17.3 Å². The van der Waals surface area contributed by atoms with E-state index in [1.54, 1.807) is 17.0 Å². The van der Waals surface area contributed by atoms with Crippen LogP contribution in [0.4, 0.5) is 4.39 Å². The van der Waals surface area contributed by atoms with Crippen molar-refractivity contribution in [2.75, 3.05) is 13.2 Å². The fourth-order valence-corrected chi connectivity index (χ4v) is 2.59. The van der Waals surface area contributed by atoms with E-state index in [-0.39, 0.29) is 24.4 Å². The number of aliphatic hydroxyl groups excluding tert-OH is 1. The summed E-state index contributed by atoms with van der Waals surface area (Å²) in [4.78, 5) is 13.6. The summed E-state index contributed by atoms with van der Waals surface area (Å²) in [6, 6.07) is 4.47. The second-order valence-electron chi connectivity index (χ2n) is 4.51. The van der Waals surface area contributed by atoms with E-state index in [4.69, 9.17) is 5.11 Å². The average molecular weight is 328 g/mol. The molecule has 1 saturated heterocycles. The van der Waals surface area contributed by atoms with Gasteiger partial charge >= 0.3 is 0 Å². The lowest BCUT2D eigenvalue weighted by molar-refractivity contribution is -0.127. The van der Waals surface area contributed by atoms with Crippen LogP contribution in [0.5, 0.6) is 0 Å². The van der Waals surface area contributed by atoms with Gasteiger partial charge in [-0.25, -0.2) is 4.39 Å². The van der Waals surface area contributed by atoms with Gasteiger partial charge in [-0.05, 0) is 37.1 Å². The number of amides is 1. The van der Waals surface area contributed by atoms with E-state index in [0.29, 0.717) is 12.1 Å². The molecule has 1 aliphatic heterocycles. The number of carbonyl (C=O) groups excluding carboxylic acids is 1. The van der Waals surface area contributed by atoms with Gasteiger partial charge in [-0.1, -0.05) is 15.9 Å². The monoisotopic (exact) mass is 327 g/mol. The molecule has 0 spiro atoms. The Bertz CT molecular complexity index is 504. The number of hydrogen-bond acceptors (Lipinski definition) is 2. The van der Waals surface area contributed by atoms with Crippen LogP contribution in [0.3, 0.4) is 0 Å². The summed E-state index contributed by atoms with van der Waals surface area (Å²) in [7, 11) is 0. The molecule has 1 heterocycles. The van der Waals surface area contributed by atoms with Gasteiger partial charge in [0, 0.05) is 22.7 Å². The van der Waals surface area contributed by atoms with Crippen molar-refractivity contribution in [3.8, 4) is 0 Å². The third kappa shape index (κ3) is 3.42. The number of rotatable bonds is 3. The first-order chi connectivity index (χ1) is 9.11. The Hall–Kier alpha value is -1.20. The molecule has 19 heavy (non-hydrogen) atoms. The van der Waals surface area contributed by atoms with Crippen molar-refractivity contribution in [1.29, 1.82) is 0 Å². The predicted molar refractivity (Wildman–Crippen MR) is 75.0 cm³/mol. The van der Waals surface area contributed by atoms with Crippen LogP contribution >= 0.6 is 15.9 Å². The smallest absolute Gasteiger partial charge is 0.246 e. The number of benzene rings is 1. The van der Waals surface area contributed by atoms with Crippen LogP contribution < -0.4 is 0 Å². The van der Waals surface area contributed by atoms with Crippen LogP contribution in [0.1, 0.15) is 18.4 Å². The van der Waals surface area contributed by atoms with Gasteiger partial charge in [-0.2, -0.15) is 0 Å². The Morgan fingerprint density at radius 3 is 3.11 bits per heavy atom. The van der Waals surface area contributed by atoms with Gasteiger partial charge in [-0.3, -0.25) is 4.79 Å². The highest BCUT2D eigenvalue weighted by atomic mass is 79.9. The third-order valence-corrected chi connectivity index (χ3v) is 3.73. The number of aliphatic hydroxyl groups is 1. The number of hydrogen-bond donors (Lipinski definition) is 1. The van der Waals surface area contributed by atoms with Crippen LogP contribution in [0.15, 0.2) is 28.7 Å². The van der Waals surface area contributed by atoms with Crippen LogP contribution in [0.25, 0.3) is 6.08 Å². The minimum atomic E-state index is -0.368. The van der Waals surface area contributed by atoms with E-state index in [1.165, 1.54) is 18.2 Å². The molecule has 1 fully saturated rings. The Balaban J connectivity index is 2.09. The van der Waals surface area contributed by atoms with Crippen LogP contribution in [-0.2, 0) is 4.79 Å². The minimum Gasteiger partial charge on any atom is -0.394 e. The van der Waals surface area contributed by atoms with Gasteiger partial charge in [0.15, 0.2) is 0 Å². The normalized spacial score (nSPS) is 19.3. The Labute approximate surface area is 119 Å². The number of carbonyl (C=O) groups is 1. The molecular formula is C14H15BrFNO2. The zero-order valence-electron chi connectivity index (χ0n) is 10.4. The molecule has 1 amide bonds. The van der Waals surface area contributed by atoms with E-state index < -0.39 is 0 Å². The molecule has 5 heteroatoms. The Morgan fingerprint density at radius 1 is 1.58 bits per heavy atom. The van der Waals surface area contributed by atoms with Crippen molar-refractivity contribution in [3.63, 3.8) is 0 Å². The topological polar surface area (TPSA) is 40.5 Å². The molecule has 1 aromatic rings. The molecule has 1 N–H and O–H groups in total. The fraction of sp³-hybridized carbons (Fsp3) is 0.357. The van der Waals surface area contributed by atoms with Gasteiger partial charge in [-0.15, -0.1) is 0 Å². The van der Waals surface area contributed by atoms with Crippen LogP contribution in [-0.4, -0.2) is 35.1 Å². The quantitative estimate of drug-likeness (QED) is 0.867. The van der Waals surface area contributed by atoms with Crippen molar-refractivity contribution in [2.45, 2.75) is 18.9 Å². The maximum absolute atomic E-state index is 13.5. The van der Waals surface area contributed by atoms with Crippen molar-refractivity contribution < 1.29 is 14.3 Å². The molecule has 0 aliphatic carbocycles. The first-order valence-corrected chi connectivity index (χ1v) is 6.95. The van der Waals surface area contributed by atoms with Crippen molar-refractivity contribution >= 4 is 27.9 Å². The van der Waals surface area contributed by atoms with E-state index >= 15 is 0 Å². The highest BCUT2D eigenvalue weighted by Crippen LogP contribution is 2.19. The van der Waals surface area contributed by atoms with Crippen molar-refractivity contribution in [3.05, 3.63) is 40.1 Å². The van der Waals surface area contributed by atoms with Gasteiger partial charge in [0.2, 0.25) is 5.91 Å². The summed E-state index contributed by atoms with van der Waals surface area (Å²) in [5, 5.41) is 9.17. The lowest BCUT2D eigenvalue weighted by atomic mass is 10.2. The van der Waals surface area contributed by atoms with Crippen molar-refractivity contribution in [1.82, 2.24) is 4.90 Å². The Kier molecular flexibility index (Phi) is 4.71. The zero-order valence-corrected chi connectivity index (χ0v) is 11.9. The van der Waals surface area contributed by atoms with E-state index in [1.807, 2.05) is 0 Å². The number of nitrogens with zero attached hydrogens (tertiary/aromatic N) is 1. The highest BCUT2D eigenvalue weighted by Gasteiger charge is 2.26. The number of halogens is 2. The highest BCUT2D eigenvalue weighted by molar-refractivity contribution is 9.10. The summed E-state index contributed by atoms with van der Waals surface area (Å²) in [5.74, 6) is -0.552. The molecule has 2 rings (SSSR count). The average Bonchev–Trinajstić information content (AvgIpc) is 2.88. The van der Waals surface area contributed by atoms with E-state index in [9.17, 15) is 9.18 Å². The molecule has 1 atom stereocenters. The zero-order chi connectivity index (χ0) is 13.8. The summed E-state index contributed by atoms with van der Waals surface area (Å²) < 4.78 is 14.3. The molecule has 0 radical (unpaired) electrons. The molecule has 0 unspecified atom stereocenters. The van der Waals surface area contributed by atoms with Crippen LogP contribution in [0, 0.1) is 5.82 Å². The van der Waals surface area contributed by atoms with Gasteiger partial charge in [0.1, 0.15) is 5.82 Å². The molecule has 1 aliphatic rings. The first kappa shape index (κ1) is 14.2. The lowest BCUT2D eigenvalue weighted by Crippen LogP contribution is -2.36. The first-order valence-electron chi connectivity index (χ1n) is 6.16. The third-order valence-electron chi connectivity index (χ3n) is 3.23. The SMILES string of the molecule is O=C(C=Cc1cc(Br)ccc1F)N1CCC[C@@H]1CO. The maximum atomic E-state index is 13.5. The summed E-state index contributed by atoms with van der Waals surface area (Å²) in [6.45, 7) is 0.625. The van der Waals surface area contributed by atoms with Gasteiger partial charge in [0.05, 0.1) is 12.6 Å². The van der Waals surface area contributed by atoms with E-state index in [2.05, 4.69) is 15.9 Å². The second kappa shape index (κ2) is 6.30. The maximum Gasteiger partial charge on any atom is 0.246 e. The van der Waals surface area contributed by atoms with Crippen molar-refractivity contribution in [2.24, 2.45) is 0 Å². The number of likely N-dealkylation sites (tertiary alicyclic amines) is 1. The summed E-state index contributed by atoms with van der Waals surface area (Å²) in [5.41, 5.74) is 0.363. The van der Waals surface area contributed by atoms with Gasteiger partial charge < -0.3 is 10.0 Å². The molecule has 0 bridgehead atoms. The van der Waals surface area contributed by atoms with Gasteiger partial charge in [0.25, 0.3) is 0 Å². The fourth-order valence-electron chi connectivity index (χ4n) is 2.21.